The van der Waals surface area contributed by atoms with Crippen molar-refractivity contribution in [3.8, 4) is 0 Å². The predicted octanol–water partition coefficient (Wildman–Crippen LogP) is 0.625. The average molecular weight is 262 g/mol. The largest absolute Gasteiger partial charge is 0.307 e. The molecule has 92 valence electrons. The summed E-state index contributed by atoms with van der Waals surface area (Å²) < 4.78 is 47.4. The van der Waals surface area contributed by atoms with E-state index in [1.54, 1.807) is 0 Å². The molecule has 1 aromatic rings. The molecule has 2 rings (SSSR count). The highest BCUT2D eigenvalue weighted by molar-refractivity contribution is 7.87. The fraction of sp³-hybridized carbons (Fsp3) is 0.333. The van der Waals surface area contributed by atoms with Crippen LogP contribution < -0.4 is 4.90 Å². The third-order valence-corrected chi connectivity index (χ3v) is 3.59. The third-order valence-electron chi connectivity index (χ3n) is 2.48. The molecular formula is C9H8F2N2O3S. The highest BCUT2D eigenvalue weighted by Gasteiger charge is 2.40. The minimum Gasteiger partial charge on any atom is -0.293 e. The van der Waals surface area contributed by atoms with E-state index in [9.17, 15) is 21.5 Å². The van der Waals surface area contributed by atoms with Gasteiger partial charge in [-0.1, -0.05) is 0 Å². The van der Waals surface area contributed by atoms with Gasteiger partial charge in [0.1, 0.15) is 5.25 Å². The van der Waals surface area contributed by atoms with Gasteiger partial charge in [-0.05, 0) is 12.1 Å². The number of halogens is 2. The monoisotopic (exact) mass is 262 g/mol. The number of nitrogens with zero attached hydrogens (tertiary/aromatic N) is 2. The van der Waals surface area contributed by atoms with Crippen molar-refractivity contribution in [1.29, 1.82) is 0 Å². The van der Waals surface area contributed by atoms with Crippen LogP contribution in [0.5, 0.6) is 0 Å². The molecule has 0 aliphatic carbocycles. The van der Waals surface area contributed by atoms with Crippen LogP contribution in [0.1, 0.15) is 6.42 Å². The molecule has 0 aromatic carbocycles. The average Bonchev–Trinajstić information content (AvgIpc) is 2.61. The maximum Gasteiger partial charge on any atom is 0.307 e. The lowest BCUT2D eigenvalue weighted by Gasteiger charge is -2.14. The molecule has 17 heavy (non-hydrogen) atoms. The summed E-state index contributed by atoms with van der Waals surface area (Å²) in [5, 5.41) is -1.45. The standard InChI is InChI=1S/C9H8F2N2O3S/c10-7-2-1-3-12-9(7)13-5-6(4-8(13)14)17(11,15)16/h1-3,6H,4-5H2. The van der Waals surface area contributed by atoms with Gasteiger partial charge in [0.15, 0.2) is 11.6 Å². The normalized spacial score (nSPS) is 20.9. The van der Waals surface area contributed by atoms with E-state index in [1.807, 2.05) is 0 Å². The number of anilines is 1. The SMILES string of the molecule is O=C1CC(S(=O)(=O)F)CN1c1ncccc1F. The van der Waals surface area contributed by atoms with Crippen LogP contribution in [0.2, 0.25) is 0 Å². The molecule has 0 radical (unpaired) electrons. The molecule has 0 N–H and O–H groups in total. The van der Waals surface area contributed by atoms with Crippen LogP contribution in [0.25, 0.3) is 0 Å². The summed E-state index contributed by atoms with van der Waals surface area (Å²) in [5.41, 5.74) is 0. The van der Waals surface area contributed by atoms with E-state index < -0.39 is 40.2 Å². The van der Waals surface area contributed by atoms with Crippen LogP contribution in [0.4, 0.5) is 14.1 Å². The molecule has 8 heteroatoms. The smallest absolute Gasteiger partial charge is 0.293 e. The number of aromatic nitrogens is 1. The Balaban J connectivity index is 2.31. The molecule has 2 heterocycles. The lowest BCUT2D eigenvalue weighted by Crippen LogP contribution is -2.28. The number of pyridine rings is 1. The van der Waals surface area contributed by atoms with Gasteiger partial charge in [-0.25, -0.2) is 9.37 Å². The van der Waals surface area contributed by atoms with E-state index in [0.717, 1.165) is 11.0 Å². The highest BCUT2D eigenvalue weighted by Crippen LogP contribution is 2.25. The zero-order chi connectivity index (χ0) is 12.6. The second-order valence-electron chi connectivity index (χ2n) is 3.61. The Bertz CT molecular complexity index is 561. The number of rotatable bonds is 2. The second kappa shape index (κ2) is 4.02. The lowest BCUT2D eigenvalue weighted by atomic mass is 10.4. The van der Waals surface area contributed by atoms with E-state index in [4.69, 9.17) is 0 Å². The van der Waals surface area contributed by atoms with Crippen LogP contribution in [0.15, 0.2) is 18.3 Å². The molecule has 5 nitrogen and oxygen atoms in total. The van der Waals surface area contributed by atoms with Crippen LogP contribution in [-0.2, 0) is 15.0 Å². The van der Waals surface area contributed by atoms with E-state index >= 15 is 0 Å². The van der Waals surface area contributed by atoms with Gasteiger partial charge in [0.25, 0.3) is 0 Å². The number of amides is 1. The van der Waals surface area contributed by atoms with Gasteiger partial charge >= 0.3 is 10.2 Å². The molecule has 1 aliphatic heterocycles. The summed E-state index contributed by atoms with van der Waals surface area (Å²) in [6.07, 6.45) is 0.776. The molecule has 1 unspecified atom stereocenters. The van der Waals surface area contributed by atoms with Gasteiger partial charge in [-0.2, -0.15) is 8.42 Å². The van der Waals surface area contributed by atoms with Crippen molar-refractivity contribution in [2.45, 2.75) is 11.7 Å². The first-order valence-electron chi connectivity index (χ1n) is 4.74. The first kappa shape index (κ1) is 11.9. The number of hydrogen-bond donors (Lipinski definition) is 0. The number of hydrogen-bond acceptors (Lipinski definition) is 4. The minimum absolute atomic E-state index is 0.274. The maximum absolute atomic E-state index is 13.3. The zero-order valence-corrected chi connectivity index (χ0v) is 9.32. The van der Waals surface area contributed by atoms with Crippen molar-refractivity contribution in [1.82, 2.24) is 4.98 Å². The maximum atomic E-state index is 13.3. The van der Waals surface area contributed by atoms with Gasteiger partial charge in [-0.15, -0.1) is 3.89 Å². The Morgan fingerprint density at radius 1 is 1.47 bits per heavy atom. The first-order chi connectivity index (χ1) is 7.89. The summed E-state index contributed by atoms with van der Waals surface area (Å²) in [7, 11) is -4.80. The van der Waals surface area contributed by atoms with Crippen LogP contribution >= 0.6 is 0 Å². The van der Waals surface area contributed by atoms with E-state index in [-0.39, 0.29) is 5.82 Å². The number of carbonyl (C=O) groups excluding carboxylic acids is 1. The summed E-state index contributed by atoms with van der Waals surface area (Å²) in [6, 6.07) is 2.43. The Kier molecular flexibility index (Phi) is 2.82. The predicted molar refractivity (Wildman–Crippen MR) is 55.0 cm³/mol. The van der Waals surface area contributed by atoms with E-state index in [0.29, 0.717) is 0 Å². The van der Waals surface area contributed by atoms with Crippen molar-refractivity contribution in [3.05, 3.63) is 24.1 Å². The quantitative estimate of drug-likeness (QED) is 0.733. The molecule has 0 bridgehead atoms. The second-order valence-corrected chi connectivity index (χ2v) is 5.23. The lowest BCUT2D eigenvalue weighted by molar-refractivity contribution is -0.117. The van der Waals surface area contributed by atoms with Gasteiger partial charge in [0.2, 0.25) is 5.91 Å². The highest BCUT2D eigenvalue weighted by atomic mass is 32.3. The fourth-order valence-electron chi connectivity index (χ4n) is 1.64. The molecule has 1 fully saturated rings. The van der Waals surface area contributed by atoms with Gasteiger partial charge in [0, 0.05) is 19.2 Å². The van der Waals surface area contributed by atoms with Crippen LogP contribution in [0, 0.1) is 5.82 Å². The molecule has 0 saturated carbocycles. The Labute approximate surface area is 96.3 Å². The van der Waals surface area contributed by atoms with Crippen molar-refractivity contribution in [2.75, 3.05) is 11.4 Å². The zero-order valence-electron chi connectivity index (χ0n) is 8.51. The van der Waals surface area contributed by atoms with Crippen molar-refractivity contribution in [3.63, 3.8) is 0 Å². The molecule has 1 atom stereocenters. The molecule has 1 aliphatic rings. The van der Waals surface area contributed by atoms with Gasteiger partial charge < -0.3 is 0 Å². The molecule has 0 spiro atoms. The minimum atomic E-state index is -4.80. The topological polar surface area (TPSA) is 67.3 Å². The summed E-state index contributed by atoms with van der Waals surface area (Å²) in [6.45, 7) is -0.411. The van der Waals surface area contributed by atoms with E-state index in [1.165, 1.54) is 12.3 Å². The molecule has 1 saturated heterocycles. The van der Waals surface area contributed by atoms with Crippen LogP contribution in [0.3, 0.4) is 0 Å². The summed E-state index contributed by atoms with van der Waals surface area (Å²) in [5.74, 6) is -1.68. The van der Waals surface area contributed by atoms with E-state index in [2.05, 4.69) is 4.98 Å². The van der Waals surface area contributed by atoms with Crippen molar-refractivity contribution in [2.24, 2.45) is 0 Å². The van der Waals surface area contributed by atoms with Crippen molar-refractivity contribution >= 4 is 21.9 Å². The molecular weight excluding hydrogens is 254 g/mol. The Morgan fingerprint density at radius 2 is 2.18 bits per heavy atom. The van der Waals surface area contributed by atoms with Crippen molar-refractivity contribution < 1.29 is 21.5 Å². The van der Waals surface area contributed by atoms with Crippen LogP contribution in [-0.4, -0.2) is 31.1 Å². The van der Waals surface area contributed by atoms with Gasteiger partial charge in [0.05, 0.1) is 0 Å². The molecule has 1 amide bonds. The Hall–Kier alpha value is -1.57. The molecule has 1 aromatic heterocycles. The summed E-state index contributed by atoms with van der Waals surface area (Å²) in [4.78, 5) is 16.0. The summed E-state index contributed by atoms with van der Waals surface area (Å²) >= 11 is 0. The van der Waals surface area contributed by atoms with Gasteiger partial charge in [-0.3, -0.25) is 9.69 Å². The first-order valence-corrected chi connectivity index (χ1v) is 6.18. The fourth-order valence-corrected chi connectivity index (χ4v) is 2.31. The Morgan fingerprint density at radius 3 is 2.71 bits per heavy atom. The third kappa shape index (κ3) is 2.26. The number of carbonyl (C=O) groups is 1.